The van der Waals surface area contributed by atoms with E-state index in [9.17, 15) is 0 Å². The summed E-state index contributed by atoms with van der Waals surface area (Å²) in [5.41, 5.74) is 0. The summed E-state index contributed by atoms with van der Waals surface area (Å²) >= 11 is 0. The minimum absolute atomic E-state index is 0.282. The maximum atomic E-state index is 9.00. The molecule has 2 N–H and O–H groups in total. The van der Waals surface area contributed by atoms with Gasteiger partial charge in [0.25, 0.3) is 0 Å². The van der Waals surface area contributed by atoms with E-state index >= 15 is 0 Å². The minimum atomic E-state index is 0.282. The average Bonchev–Trinajstić information content (AvgIpc) is 2.40. The van der Waals surface area contributed by atoms with E-state index in [2.05, 4.69) is 20.2 Å². The van der Waals surface area contributed by atoms with E-state index in [1.165, 1.54) is 12.8 Å². The van der Waals surface area contributed by atoms with Crippen LogP contribution in [0.1, 0.15) is 19.3 Å². The highest BCUT2D eigenvalue weighted by Crippen LogP contribution is 2.23. The van der Waals surface area contributed by atoms with Gasteiger partial charge < -0.3 is 15.3 Å². The monoisotopic (exact) mass is 236 g/mol. The highest BCUT2D eigenvalue weighted by molar-refractivity contribution is 5.42. The molecule has 0 aromatic carbocycles. The van der Waals surface area contributed by atoms with Crippen LogP contribution in [-0.2, 0) is 0 Å². The Labute approximate surface area is 102 Å². The number of hydrogen-bond donors (Lipinski definition) is 2. The van der Waals surface area contributed by atoms with E-state index in [4.69, 9.17) is 5.11 Å². The first-order valence-electron chi connectivity index (χ1n) is 6.20. The second kappa shape index (κ2) is 5.82. The zero-order valence-corrected chi connectivity index (χ0v) is 10.3. The number of aromatic nitrogens is 2. The van der Waals surface area contributed by atoms with E-state index in [0.29, 0.717) is 11.9 Å². The van der Waals surface area contributed by atoms with Crippen LogP contribution in [0.2, 0.25) is 0 Å². The number of aliphatic hydroxyl groups excluding tert-OH is 1. The second-order valence-corrected chi connectivity index (χ2v) is 4.45. The molecule has 0 radical (unpaired) electrons. The fourth-order valence-corrected chi connectivity index (χ4v) is 2.34. The van der Waals surface area contributed by atoms with Crippen molar-refractivity contribution in [1.82, 2.24) is 9.97 Å². The Morgan fingerprint density at radius 2 is 2.47 bits per heavy atom. The summed E-state index contributed by atoms with van der Waals surface area (Å²) in [7, 11) is 1.82. The molecular formula is C12H20N4O. The molecule has 1 aliphatic heterocycles. The lowest BCUT2D eigenvalue weighted by Gasteiger charge is -2.33. The van der Waals surface area contributed by atoms with Crippen LogP contribution < -0.4 is 10.2 Å². The lowest BCUT2D eigenvalue weighted by Crippen LogP contribution is -2.36. The van der Waals surface area contributed by atoms with Crippen LogP contribution in [0.4, 0.5) is 11.8 Å². The lowest BCUT2D eigenvalue weighted by atomic mass is 9.95. The number of nitrogens with one attached hydrogen (secondary N) is 1. The van der Waals surface area contributed by atoms with Gasteiger partial charge in [-0.1, -0.05) is 0 Å². The van der Waals surface area contributed by atoms with Crippen LogP contribution in [-0.4, -0.2) is 41.8 Å². The molecule has 0 spiro atoms. The van der Waals surface area contributed by atoms with Crippen molar-refractivity contribution >= 4 is 11.8 Å². The number of anilines is 2. The third-order valence-electron chi connectivity index (χ3n) is 3.24. The molecule has 0 saturated carbocycles. The topological polar surface area (TPSA) is 61.3 Å². The van der Waals surface area contributed by atoms with Crippen LogP contribution in [0.3, 0.4) is 0 Å². The zero-order chi connectivity index (χ0) is 12.1. The zero-order valence-electron chi connectivity index (χ0n) is 10.3. The van der Waals surface area contributed by atoms with Gasteiger partial charge in [-0.3, -0.25) is 0 Å². The van der Waals surface area contributed by atoms with Gasteiger partial charge >= 0.3 is 0 Å². The van der Waals surface area contributed by atoms with Crippen molar-refractivity contribution in [3.63, 3.8) is 0 Å². The van der Waals surface area contributed by atoms with E-state index in [1.54, 1.807) is 6.20 Å². The molecule has 2 rings (SSSR count). The highest BCUT2D eigenvalue weighted by Gasteiger charge is 2.20. The molecule has 1 saturated heterocycles. The molecular weight excluding hydrogens is 216 g/mol. The molecule has 1 aromatic rings. The Kier molecular flexibility index (Phi) is 4.14. The summed E-state index contributed by atoms with van der Waals surface area (Å²) in [5, 5.41) is 12.0. The Balaban J connectivity index is 2.05. The molecule has 17 heavy (non-hydrogen) atoms. The van der Waals surface area contributed by atoms with Gasteiger partial charge in [-0.15, -0.1) is 0 Å². The summed E-state index contributed by atoms with van der Waals surface area (Å²) in [6.45, 7) is 2.31. The molecule has 94 valence electrons. The SMILES string of the molecule is CNc1nccc(N2CCCC(CCO)C2)n1. The highest BCUT2D eigenvalue weighted by atomic mass is 16.3. The normalized spacial score (nSPS) is 20.4. The van der Waals surface area contributed by atoms with Crippen LogP contribution in [0.5, 0.6) is 0 Å². The second-order valence-electron chi connectivity index (χ2n) is 4.45. The van der Waals surface area contributed by atoms with Gasteiger partial charge in [0.1, 0.15) is 5.82 Å². The molecule has 2 heterocycles. The van der Waals surface area contributed by atoms with Crippen molar-refractivity contribution < 1.29 is 5.11 Å². The van der Waals surface area contributed by atoms with Crippen LogP contribution >= 0.6 is 0 Å². The van der Waals surface area contributed by atoms with Crippen LogP contribution in [0, 0.1) is 5.92 Å². The first kappa shape index (κ1) is 12.1. The van der Waals surface area contributed by atoms with E-state index in [0.717, 1.165) is 25.3 Å². The molecule has 5 nitrogen and oxygen atoms in total. The Morgan fingerprint density at radius 3 is 3.24 bits per heavy atom. The Hall–Kier alpha value is -1.36. The molecule has 5 heteroatoms. The number of piperidine rings is 1. The number of hydrogen-bond acceptors (Lipinski definition) is 5. The maximum Gasteiger partial charge on any atom is 0.224 e. The molecule has 1 atom stereocenters. The van der Waals surface area contributed by atoms with Crippen molar-refractivity contribution in [2.75, 3.05) is 37.0 Å². The molecule has 0 aliphatic carbocycles. The molecule has 1 aromatic heterocycles. The summed E-state index contributed by atoms with van der Waals surface area (Å²) in [4.78, 5) is 10.9. The van der Waals surface area contributed by atoms with Gasteiger partial charge in [0.15, 0.2) is 0 Å². The van der Waals surface area contributed by atoms with Crippen LogP contribution in [0.25, 0.3) is 0 Å². The van der Waals surface area contributed by atoms with Crippen molar-refractivity contribution in [2.24, 2.45) is 5.92 Å². The summed E-state index contributed by atoms with van der Waals surface area (Å²) in [5.74, 6) is 2.22. The summed E-state index contributed by atoms with van der Waals surface area (Å²) in [6, 6.07) is 1.95. The standard InChI is InChI=1S/C12H20N4O/c1-13-12-14-6-4-11(15-12)16-7-2-3-10(9-16)5-8-17/h4,6,10,17H,2-3,5,7-9H2,1H3,(H,13,14,15). The van der Waals surface area contributed by atoms with Crippen molar-refractivity contribution in [2.45, 2.75) is 19.3 Å². The Morgan fingerprint density at radius 1 is 1.59 bits per heavy atom. The van der Waals surface area contributed by atoms with Gasteiger partial charge in [0.2, 0.25) is 5.95 Å². The average molecular weight is 236 g/mol. The Bertz CT molecular complexity index is 356. The minimum Gasteiger partial charge on any atom is -0.396 e. The molecule has 1 fully saturated rings. The quantitative estimate of drug-likeness (QED) is 0.820. The first-order chi connectivity index (χ1) is 8.33. The van der Waals surface area contributed by atoms with Crippen molar-refractivity contribution in [1.29, 1.82) is 0 Å². The smallest absolute Gasteiger partial charge is 0.224 e. The number of rotatable bonds is 4. The van der Waals surface area contributed by atoms with Crippen molar-refractivity contribution in [3.8, 4) is 0 Å². The summed E-state index contributed by atoms with van der Waals surface area (Å²) < 4.78 is 0. The third kappa shape index (κ3) is 3.06. The molecule has 0 bridgehead atoms. The predicted octanol–water partition coefficient (Wildman–Crippen LogP) is 1.12. The first-order valence-corrected chi connectivity index (χ1v) is 6.20. The molecule has 0 amide bonds. The fourth-order valence-electron chi connectivity index (χ4n) is 2.34. The van der Waals surface area contributed by atoms with E-state index in [1.807, 2.05) is 13.1 Å². The van der Waals surface area contributed by atoms with E-state index < -0.39 is 0 Å². The lowest BCUT2D eigenvalue weighted by molar-refractivity contribution is 0.244. The fraction of sp³-hybridized carbons (Fsp3) is 0.667. The largest absolute Gasteiger partial charge is 0.396 e. The van der Waals surface area contributed by atoms with E-state index in [-0.39, 0.29) is 6.61 Å². The van der Waals surface area contributed by atoms with Gasteiger partial charge in [-0.2, -0.15) is 4.98 Å². The third-order valence-corrected chi connectivity index (χ3v) is 3.24. The van der Waals surface area contributed by atoms with Gasteiger partial charge in [0.05, 0.1) is 0 Å². The van der Waals surface area contributed by atoms with Crippen molar-refractivity contribution in [3.05, 3.63) is 12.3 Å². The number of nitrogens with zero attached hydrogens (tertiary/aromatic N) is 3. The van der Waals surface area contributed by atoms with Crippen LogP contribution in [0.15, 0.2) is 12.3 Å². The number of aliphatic hydroxyl groups is 1. The maximum absolute atomic E-state index is 9.00. The predicted molar refractivity (Wildman–Crippen MR) is 68.2 cm³/mol. The summed E-state index contributed by atoms with van der Waals surface area (Å²) in [6.07, 6.45) is 5.05. The van der Waals surface area contributed by atoms with Gasteiger partial charge in [-0.25, -0.2) is 4.98 Å². The molecule has 1 aliphatic rings. The van der Waals surface area contributed by atoms with Gasteiger partial charge in [-0.05, 0) is 31.2 Å². The molecule has 1 unspecified atom stereocenters. The van der Waals surface area contributed by atoms with Gasteiger partial charge in [0, 0.05) is 32.9 Å².